The number of anilines is 2. The summed E-state index contributed by atoms with van der Waals surface area (Å²) in [5, 5.41) is 18.7. The maximum Gasteiger partial charge on any atom is 0.256 e. The first-order valence-electron chi connectivity index (χ1n) is 10.0. The molecule has 170 valence electrons. The van der Waals surface area contributed by atoms with Crippen molar-refractivity contribution in [3.05, 3.63) is 60.3 Å². The largest absolute Gasteiger partial charge is 0.539 e. The van der Waals surface area contributed by atoms with E-state index in [4.69, 9.17) is 21.5 Å². The van der Waals surface area contributed by atoms with E-state index in [0.29, 0.717) is 17.1 Å². The van der Waals surface area contributed by atoms with Crippen molar-refractivity contribution in [3.63, 3.8) is 0 Å². The molecule has 1 saturated heterocycles. The predicted octanol–water partition coefficient (Wildman–Crippen LogP) is 1.11. The third-order valence-corrected chi connectivity index (χ3v) is 5.70. The summed E-state index contributed by atoms with van der Waals surface area (Å²) >= 11 is 5.59. The van der Waals surface area contributed by atoms with Crippen molar-refractivity contribution in [2.75, 3.05) is 17.3 Å². The van der Waals surface area contributed by atoms with E-state index >= 15 is 0 Å². The zero-order valence-corrected chi connectivity index (χ0v) is 18.7. The maximum absolute atomic E-state index is 13.4. The van der Waals surface area contributed by atoms with Crippen LogP contribution in [0.2, 0.25) is 0 Å². The van der Waals surface area contributed by atoms with Crippen molar-refractivity contribution in [2.24, 2.45) is 7.05 Å². The summed E-state index contributed by atoms with van der Waals surface area (Å²) in [5.74, 6) is -0.711. The van der Waals surface area contributed by atoms with Crippen molar-refractivity contribution < 1.29 is 28.6 Å². The highest BCUT2D eigenvalue weighted by atomic mass is 32.1. The lowest BCUT2D eigenvalue weighted by molar-refractivity contribution is -0.746. The molecule has 2 amide bonds. The van der Waals surface area contributed by atoms with Crippen molar-refractivity contribution in [1.29, 1.82) is 0 Å². The summed E-state index contributed by atoms with van der Waals surface area (Å²) in [6, 6.07) is 14.8. The van der Waals surface area contributed by atoms with Crippen LogP contribution in [0.25, 0.3) is 0 Å². The molecule has 0 saturated carbocycles. The molecular weight excluding hydrogens is 446 g/mol. The Labute approximate surface area is 194 Å². The Kier molecular flexibility index (Phi) is 6.22. The molecular formula is C22H21N5O5S. The average molecular weight is 468 g/mol. The molecule has 1 fully saturated rings. The van der Waals surface area contributed by atoms with E-state index in [1.54, 1.807) is 67.6 Å². The Balaban J connectivity index is 1.59. The smallest absolute Gasteiger partial charge is 0.256 e. The van der Waals surface area contributed by atoms with Crippen LogP contribution in [0, 0.1) is 0 Å². The van der Waals surface area contributed by atoms with Crippen LogP contribution in [0.3, 0.4) is 0 Å². The highest BCUT2D eigenvalue weighted by molar-refractivity contribution is 7.80. The molecule has 0 bridgehead atoms. The summed E-state index contributed by atoms with van der Waals surface area (Å²) in [7, 11) is 3.11. The molecule has 3 aromatic rings. The molecule has 11 heteroatoms. The van der Waals surface area contributed by atoms with Gasteiger partial charge < -0.3 is 24.6 Å². The second-order valence-corrected chi connectivity index (χ2v) is 7.71. The van der Waals surface area contributed by atoms with Gasteiger partial charge in [-0.2, -0.15) is 0 Å². The summed E-state index contributed by atoms with van der Waals surface area (Å²) in [5.41, 5.74) is 1.35. The van der Waals surface area contributed by atoms with Gasteiger partial charge in [-0.15, -0.1) is 0 Å². The van der Waals surface area contributed by atoms with E-state index in [9.17, 15) is 14.7 Å². The van der Waals surface area contributed by atoms with Gasteiger partial charge >= 0.3 is 0 Å². The predicted molar refractivity (Wildman–Crippen MR) is 119 cm³/mol. The van der Waals surface area contributed by atoms with Crippen LogP contribution in [-0.2, 0) is 23.2 Å². The Hall–Kier alpha value is -3.99. The third-order valence-electron chi connectivity index (χ3n) is 5.28. The van der Waals surface area contributed by atoms with Crippen LogP contribution in [-0.4, -0.2) is 40.2 Å². The van der Waals surface area contributed by atoms with Gasteiger partial charge in [0, 0.05) is 5.69 Å². The number of hydrogen-bond donors (Lipinski definition) is 1. The number of thiocarbonyl (C=S) groups is 1. The molecule has 0 radical (unpaired) electrons. The summed E-state index contributed by atoms with van der Waals surface area (Å²) in [6.45, 7) is -0.0345. The number of nitrogens with zero attached hydrogens (tertiary/aromatic N) is 4. The van der Waals surface area contributed by atoms with Crippen LogP contribution in [0.4, 0.5) is 11.4 Å². The van der Waals surface area contributed by atoms with E-state index in [-0.39, 0.29) is 35.6 Å². The minimum atomic E-state index is -0.912. The number of para-hydroxylation sites is 1. The lowest BCUT2D eigenvalue weighted by atomic mass is 10.1. The number of rotatable bonds is 7. The summed E-state index contributed by atoms with van der Waals surface area (Å²) in [6.07, 6.45) is -0.169. The molecule has 4 rings (SSSR count). The van der Waals surface area contributed by atoms with Crippen LogP contribution in [0.15, 0.2) is 59.1 Å². The van der Waals surface area contributed by atoms with E-state index in [1.807, 2.05) is 6.07 Å². The fourth-order valence-electron chi connectivity index (χ4n) is 3.55. The average Bonchev–Trinajstić information content (AvgIpc) is 3.25. The Morgan fingerprint density at radius 2 is 1.94 bits per heavy atom. The molecule has 1 aromatic heterocycles. The van der Waals surface area contributed by atoms with Crippen molar-refractivity contribution in [1.82, 2.24) is 10.2 Å². The van der Waals surface area contributed by atoms with Crippen LogP contribution in [0.5, 0.6) is 11.7 Å². The van der Waals surface area contributed by atoms with Gasteiger partial charge in [-0.3, -0.25) is 14.5 Å². The van der Waals surface area contributed by atoms with Gasteiger partial charge in [0.1, 0.15) is 18.3 Å². The van der Waals surface area contributed by atoms with Crippen molar-refractivity contribution in [2.45, 2.75) is 19.0 Å². The third kappa shape index (κ3) is 4.48. The molecule has 1 aliphatic rings. The molecule has 1 N–H and O–H groups in total. The number of nitrogens with one attached hydrogen (secondary N) is 1. The minimum absolute atomic E-state index is 0.0345. The molecule has 33 heavy (non-hydrogen) atoms. The first kappa shape index (κ1) is 22.2. The Morgan fingerprint density at radius 1 is 1.24 bits per heavy atom. The molecule has 1 atom stereocenters. The number of ether oxygens (including phenoxy) is 1. The van der Waals surface area contributed by atoms with Crippen molar-refractivity contribution >= 4 is 40.5 Å². The second kappa shape index (κ2) is 9.25. The van der Waals surface area contributed by atoms with Crippen molar-refractivity contribution in [3.8, 4) is 11.7 Å². The lowest BCUT2D eigenvalue weighted by Crippen LogP contribution is -2.42. The van der Waals surface area contributed by atoms with E-state index in [2.05, 4.69) is 10.6 Å². The molecule has 1 unspecified atom stereocenters. The van der Waals surface area contributed by atoms with Gasteiger partial charge in [0.05, 0.1) is 24.5 Å². The zero-order chi connectivity index (χ0) is 23.5. The molecule has 2 heterocycles. The first-order chi connectivity index (χ1) is 15.9. The normalized spacial score (nSPS) is 15.8. The fourth-order valence-corrected chi connectivity index (χ4v) is 3.94. The number of carbonyl (C=O) groups is 2. The Morgan fingerprint density at radius 3 is 2.55 bits per heavy atom. The molecule has 0 spiro atoms. The number of aromatic nitrogens is 2. The van der Waals surface area contributed by atoms with E-state index < -0.39 is 12.0 Å². The molecule has 2 aromatic carbocycles. The number of aryl methyl sites for hydroxylation is 1. The minimum Gasteiger partial charge on any atom is -0.539 e. The molecule has 10 nitrogen and oxygen atoms in total. The number of methoxy groups -OCH3 is 1. The van der Waals surface area contributed by atoms with Gasteiger partial charge in [-0.05, 0) is 48.6 Å². The van der Waals surface area contributed by atoms with Gasteiger partial charge in [0.25, 0.3) is 11.6 Å². The van der Waals surface area contributed by atoms with Gasteiger partial charge in [-0.1, -0.05) is 22.9 Å². The quantitative estimate of drug-likeness (QED) is 0.406. The number of amides is 2. The highest BCUT2D eigenvalue weighted by Gasteiger charge is 2.45. The number of benzene rings is 2. The van der Waals surface area contributed by atoms with E-state index in [0.717, 1.165) is 0 Å². The molecule has 0 aliphatic carbocycles. The second-order valence-electron chi connectivity index (χ2n) is 7.35. The summed E-state index contributed by atoms with van der Waals surface area (Å²) in [4.78, 5) is 29.1. The van der Waals surface area contributed by atoms with Gasteiger partial charge in [-0.25, -0.2) is 0 Å². The monoisotopic (exact) mass is 467 g/mol. The number of hydrogen-bond acceptors (Lipinski definition) is 7. The highest BCUT2D eigenvalue weighted by Crippen LogP contribution is 2.29. The Bertz CT molecular complexity index is 1160. The SMILES string of the molecule is COc1ccc(NC(=O)CC2C(=O)N(c3ccccc3)C(=S)N2Cc2c([O-])on[n+]2C)cc1. The van der Waals surface area contributed by atoms with Crippen LogP contribution >= 0.6 is 12.2 Å². The summed E-state index contributed by atoms with van der Waals surface area (Å²) < 4.78 is 11.1. The van der Waals surface area contributed by atoms with Crippen LogP contribution in [0.1, 0.15) is 12.1 Å². The van der Waals surface area contributed by atoms with Gasteiger partial charge in [0.15, 0.2) is 18.1 Å². The first-order valence-corrected chi connectivity index (χ1v) is 10.4. The standard InChI is InChI=1S/C22H21N5O5S/c1-25-18(21(30)32-24-25)13-26-17(12-19(28)23-14-8-10-16(31-2)11-9-14)20(29)27(22(26)33)15-6-4-3-5-7-15/h3-11,17H,12-13H2,1-2H3,(H-,23,24,28,30). The topological polar surface area (TPSA) is 115 Å². The van der Waals surface area contributed by atoms with E-state index in [1.165, 1.54) is 9.58 Å². The fraction of sp³-hybridized carbons (Fsp3) is 0.227. The number of carbonyl (C=O) groups excluding carboxylic acids is 2. The van der Waals surface area contributed by atoms with Gasteiger partial charge in [0.2, 0.25) is 5.91 Å². The zero-order valence-electron chi connectivity index (χ0n) is 17.9. The lowest BCUT2D eigenvalue weighted by Gasteiger charge is -2.22. The maximum atomic E-state index is 13.4. The van der Waals surface area contributed by atoms with Crippen LogP contribution < -0.4 is 24.7 Å². The molecule has 1 aliphatic heterocycles.